The summed E-state index contributed by atoms with van der Waals surface area (Å²) in [5.74, 6) is -0.00465. The van der Waals surface area contributed by atoms with Gasteiger partial charge in [-0.2, -0.15) is 8.78 Å². The Balaban J connectivity index is 2.40. The Morgan fingerprint density at radius 1 is 1.00 bits per heavy atom. The number of benzene rings is 2. The largest absolute Gasteiger partial charge is 0.434 e. The van der Waals surface area contributed by atoms with E-state index in [1.54, 1.807) is 24.3 Å². The first kappa shape index (κ1) is 14.5. The second-order valence-corrected chi connectivity index (χ2v) is 4.68. The van der Waals surface area contributed by atoms with Crippen LogP contribution in [0.4, 0.5) is 8.78 Å². The maximum atomic E-state index is 12.4. The summed E-state index contributed by atoms with van der Waals surface area (Å²) in [6.45, 7) is 0.918. The number of hydrogen-bond donors (Lipinski definition) is 1. The Labute approximate surface area is 116 Å². The fourth-order valence-electron chi connectivity index (χ4n) is 2.21. The van der Waals surface area contributed by atoms with Gasteiger partial charge in [0.15, 0.2) is 0 Å². The van der Waals surface area contributed by atoms with Gasteiger partial charge in [0, 0.05) is 5.56 Å². The van der Waals surface area contributed by atoms with E-state index in [-0.39, 0.29) is 5.75 Å². The number of aliphatic hydroxyl groups excluding tert-OH is 1. The van der Waals surface area contributed by atoms with Gasteiger partial charge in [0.1, 0.15) is 11.9 Å². The number of rotatable bonds is 4. The molecule has 1 atom stereocenters. The van der Waals surface area contributed by atoms with Gasteiger partial charge in [0.05, 0.1) is 0 Å². The molecule has 2 aromatic rings. The second kappa shape index (κ2) is 6.01. The summed E-state index contributed by atoms with van der Waals surface area (Å²) in [5, 5.41) is 10.4. The quantitative estimate of drug-likeness (QED) is 0.916. The molecular formula is C16H16F2O2. The third-order valence-electron chi connectivity index (χ3n) is 3.15. The average Bonchev–Trinajstić information content (AvgIpc) is 2.38. The smallest absolute Gasteiger partial charge is 0.387 e. The predicted octanol–water partition coefficient (Wildman–Crippen LogP) is 3.99. The first-order valence-electron chi connectivity index (χ1n) is 6.28. The minimum absolute atomic E-state index is 0.00465. The van der Waals surface area contributed by atoms with Crippen LogP contribution in [0.3, 0.4) is 0 Å². The second-order valence-electron chi connectivity index (χ2n) is 4.68. The van der Waals surface area contributed by atoms with Crippen LogP contribution >= 0.6 is 0 Å². The molecule has 1 unspecified atom stereocenters. The van der Waals surface area contributed by atoms with Crippen molar-refractivity contribution in [2.24, 2.45) is 0 Å². The van der Waals surface area contributed by atoms with Gasteiger partial charge >= 0.3 is 6.61 Å². The third kappa shape index (κ3) is 3.14. The highest BCUT2D eigenvalue weighted by atomic mass is 19.3. The number of alkyl halides is 2. The molecule has 2 rings (SSSR count). The van der Waals surface area contributed by atoms with Gasteiger partial charge in [-0.05, 0) is 31.0 Å². The molecule has 0 aromatic heterocycles. The molecule has 0 amide bonds. The Morgan fingerprint density at radius 2 is 1.70 bits per heavy atom. The van der Waals surface area contributed by atoms with Gasteiger partial charge < -0.3 is 9.84 Å². The molecule has 0 heterocycles. The van der Waals surface area contributed by atoms with Crippen LogP contribution in [-0.2, 0) is 0 Å². The third-order valence-corrected chi connectivity index (χ3v) is 3.15. The molecule has 0 aliphatic heterocycles. The number of para-hydroxylation sites is 1. The summed E-state index contributed by atoms with van der Waals surface area (Å²) >= 11 is 0. The Hall–Kier alpha value is -1.94. The van der Waals surface area contributed by atoms with Crippen molar-refractivity contribution in [3.8, 4) is 5.75 Å². The molecule has 2 aromatic carbocycles. The topological polar surface area (TPSA) is 29.5 Å². The molecule has 0 spiro atoms. The predicted molar refractivity (Wildman–Crippen MR) is 73.1 cm³/mol. The molecule has 106 valence electrons. The van der Waals surface area contributed by atoms with Crippen LogP contribution in [0.15, 0.2) is 42.5 Å². The monoisotopic (exact) mass is 278 g/mol. The van der Waals surface area contributed by atoms with Crippen molar-refractivity contribution >= 4 is 0 Å². The van der Waals surface area contributed by atoms with Crippen molar-refractivity contribution in [1.82, 2.24) is 0 Å². The van der Waals surface area contributed by atoms with Crippen LogP contribution in [0.5, 0.6) is 5.75 Å². The first-order chi connectivity index (χ1) is 9.49. The van der Waals surface area contributed by atoms with Crippen molar-refractivity contribution in [3.05, 3.63) is 64.7 Å². The van der Waals surface area contributed by atoms with Gasteiger partial charge in [0.2, 0.25) is 0 Å². The maximum absolute atomic E-state index is 12.4. The van der Waals surface area contributed by atoms with Gasteiger partial charge in [-0.1, -0.05) is 42.0 Å². The van der Waals surface area contributed by atoms with Crippen LogP contribution in [0.2, 0.25) is 0 Å². The van der Waals surface area contributed by atoms with E-state index in [1.807, 2.05) is 26.0 Å². The summed E-state index contributed by atoms with van der Waals surface area (Å²) in [5.41, 5.74) is 3.00. The number of halogens is 2. The highest BCUT2D eigenvalue weighted by Crippen LogP contribution is 2.32. The van der Waals surface area contributed by atoms with Crippen LogP contribution in [0, 0.1) is 13.8 Å². The van der Waals surface area contributed by atoms with E-state index in [0.29, 0.717) is 11.1 Å². The standard InChI is InChI=1S/C16H16F2O2/c1-10-7-8-12(11(2)9-10)15(19)13-5-3-4-6-14(13)20-16(17)18/h3-9,15-16,19H,1-2H3. The summed E-state index contributed by atoms with van der Waals surface area (Å²) in [6.07, 6.45) is -0.995. The van der Waals surface area contributed by atoms with Gasteiger partial charge in [0.25, 0.3) is 0 Å². The Morgan fingerprint density at radius 3 is 2.35 bits per heavy atom. The number of hydrogen-bond acceptors (Lipinski definition) is 2. The summed E-state index contributed by atoms with van der Waals surface area (Å²) in [4.78, 5) is 0. The molecule has 0 aliphatic rings. The highest BCUT2D eigenvalue weighted by molar-refractivity contribution is 5.43. The highest BCUT2D eigenvalue weighted by Gasteiger charge is 2.18. The van der Waals surface area contributed by atoms with E-state index in [0.717, 1.165) is 11.1 Å². The van der Waals surface area contributed by atoms with Gasteiger partial charge in [-0.15, -0.1) is 0 Å². The van der Waals surface area contributed by atoms with E-state index in [2.05, 4.69) is 4.74 Å². The molecule has 4 heteroatoms. The van der Waals surface area contributed by atoms with E-state index in [4.69, 9.17) is 0 Å². The molecule has 0 saturated carbocycles. The molecule has 0 bridgehead atoms. The lowest BCUT2D eigenvalue weighted by atomic mass is 9.95. The molecule has 0 radical (unpaired) electrons. The molecule has 20 heavy (non-hydrogen) atoms. The Kier molecular flexibility index (Phi) is 4.35. The zero-order valence-electron chi connectivity index (χ0n) is 11.3. The average molecular weight is 278 g/mol. The molecule has 1 N–H and O–H groups in total. The minimum atomic E-state index is -2.91. The number of aliphatic hydroxyl groups is 1. The van der Waals surface area contributed by atoms with Crippen LogP contribution < -0.4 is 4.74 Å². The SMILES string of the molecule is Cc1ccc(C(O)c2ccccc2OC(F)F)c(C)c1. The normalized spacial score (nSPS) is 12.5. The van der Waals surface area contributed by atoms with Crippen LogP contribution in [0.1, 0.15) is 28.4 Å². The van der Waals surface area contributed by atoms with Crippen molar-refractivity contribution in [3.63, 3.8) is 0 Å². The molecule has 2 nitrogen and oxygen atoms in total. The van der Waals surface area contributed by atoms with E-state index in [9.17, 15) is 13.9 Å². The van der Waals surface area contributed by atoms with Gasteiger partial charge in [-0.3, -0.25) is 0 Å². The first-order valence-corrected chi connectivity index (χ1v) is 6.28. The zero-order valence-corrected chi connectivity index (χ0v) is 11.3. The van der Waals surface area contributed by atoms with Crippen LogP contribution in [-0.4, -0.2) is 11.7 Å². The summed E-state index contributed by atoms with van der Waals surface area (Å²) in [7, 11) is 0. The van der Waals surface area contributed by atoms with E-state index < -0.39 is 12.7 Å². The minimum Gasteiger partial charge on any atom is -0.434 e. The molecular weight excluding hydrogens is 262 g/mol. The van der Waals surface area contributed by atoms with Crippen LogP contribution in [0.25, 0.3) is 0 Å². The van der Waals surface area contributed by atoms with E-state index >= 15 is 0 Å². The van der Waals surface area contributed by atoms with Crippen molar-refractivity contribution in [2.75, 3.05) is 0 Å². The van der Waals surface area contributed by atoms with Crippen molar-refractivity contribution < 1.29 is 18.6 Å². The summed E-state index contributed by atoms with van der Waals surface area (Å²) < 4.78 is 29.2. The molecule has 0 saturated heterocycles. The number of aryl methyl sites for hydroxylation is 2. The lowest BCUT2D eigenvalue weighted by molar-refractivity contribution is -0.0512. The fraction of sp³-hybridized carbons (Fsp3) is 0.250. The number of ether oxygens (including phenoxy) is 1. The lowest BCUT2D eigenvalue weighted by Crippen LogP contribution is -2.08. The fourth-order valence-corrected chi connectivity index (χ4v) is 2.21. The lowest BCUT2D eigenvalue weighted by Gasteiger charge is -2.18. The zero-order chi connectivity index (χ0) is 14.7. The maximum Gasteiger partial charge on any atom is 0.387 e. The Bertz CT molecular complexity index is 597. The summed E-state index contributed by atoms with van der Waals surface area (Å²) in [6, 6.07) is 11.9. The van der Waals surface area contributed by atoms with Gasteiger partial charge in [-0.25, -0.2) is 0 Å². The van der Waals surface area contributed by atoms with E-state index in [1.165, 1.54) is 6.07 Å². The van der Waals surface area contributed by atoms with Crippen molar-refractivity contribution in [1.29, 1.82) is 0 Å². The van der Waals surface area contributed by atoms with Crippen molar-refractivity contribution in [2.45, 2.75) is 26.6 Å². The molecule has 0 aliphatic carbocycles. The molecule has 0 fully saturated rings.